The zero-order valence-corrected chi connectivity index (χ0v) is 16.6. The van der Waals surface area contributed by atoms with Crippen LogP contribution < -0.4 is 10.6 Å². The monoisotopic (exact) mass is 398 g/mol. The lowest BCUT2D eigenvalue weighted by Gasteiger charge is -2.23. The van der Waals surface area contributed by atoms with Crippen LogP contribution in [-0.4, -0.2) is 48.1 Å². The third kappa shape index (κ3) is 8.80. The van der Waals surface area contributed by atoms with Crippen LogP contribution in [0.25, 0.3) is 0 Å². The lowest BCUT2D eigenvalue weighted by molar-refractivity contribution is -0.139. The molecule has 0 aromatic rings. The molecule has 2 aliphatic carbocycles. The van der Waals surface area contributed by atoms with E-state index in [1.165, 1.54) is 6.42 Å². The van der Waals surface area contributed by atoms with Gasteiger partial charge in [-0.15, -0.1) is 0 Å². The number of hydrogen-bond donors (Lipinski definition) is 3. The predicted molar refractivity (Wildman–Crippen MR) is 103 cm³/mol. The van der Waals surface area contributed by atoms with E-state index in [4.69, 9.17) is 9.47 Å². The van der Waals surface area contributed by atoms with Gasteiger partial charge < -0.3 is 25.2 Å². The van der Waals surface area contributed by atoms with Crippen molar-refractivity contribution in [3.05, 3.63) is 0 Å². The number of carboxylic acid groups (broad SMARTS) is 1. The molecule has 2 saturated carbocycles. The Labute approximate surface area is 166 Å². The summed E-state index contributed by atoms with van der Waals surface area (Å²) < 4.78 is 10.7. The van der Waals surface area contributed by atoms with E-state index in [9.17, 15) is 19.5 Å². The smallest absolute Gasteiger partial charge is 0.408 e. The Morgan fingerprint density at radius 1 is 0.821 bits per heavy atom. The summed E-state index contributed by atoms with van der Waals surface area (Å²) in [5, 5.41) is 14.4. The second-order valence-corrected chi connectivity index (χ2v) is 7.79. The quantitative estimate of drug-likeness (QED) is 0.510. The van der Waals surface area contributed by atoms with Gasteiger partial charge in [0.1, 0.15) is 18.2 Å². The fraction of sp³-hybridized carbons (Fsp3) is 0.850. The third-order valence-corrected chi connectivity index (χ3v) is 5.43. The van der Waals surface area contributed by atoms with Gasteiger partial charge in [-0.2, -0.15) is 0 Å². The largest absolute Gasteiger partial charge is 0.480 e. The number of unbranched alkanes of at least 4 members (excludes halogenated alkanes) is 1. The maximum Gasteiger partial charge on any atom is 0.408 e. The molecule has 0 spiro atoms. The van der Waals surface area contributed by atoms with E-state index in [0.29, 0.717) is 19.4 Å². The molecule has 2 rings (SSSR count). The van der Waals surface area contributed by atoms with Crippen LogP contribution in [0.4, 0.5) is 9.59 Å². The lowest BCUT2D eigenvalue weighted by Crippen LogP contribution is -2.42. The summed E-state index contributed by atoms with van der Waals surface area (Å²) in [6.45, 7) is 0.421. The van der Waals surface area contributed by atoms with Crippen molar-refractivity contribution in [1.29, 1.82) is 0 Å². The normalized spacial score (nSPS) is 19.4. The van der Waals surface area contributed by atoms with Crippen LogP contribution in [0.15, 0.2) is 0 Å². The van der Waals surface area contributed by atoms with Crippen molar-refractivity contribution < 1.29 is 29.0 Å². The SMILES string of the molecule is O=C(NCCCC[C@H](NC(=O)OC1CCCCC1)C(=O)O)OC1CCCCC1. The standard InChI is InChI=1S/C20H34N2O6/c23-18(24)17(22-20(26)28-16-11-5-2-6-12-16)13-7-8-14-21-19(25)27-15-9-3-1-4-10-15/h15-17H,1-14H2,(H,21,25)(H,22,26)(H,23,24)/t17-/m0/s1. The number of ether oxygens (including phenoxy) is 2. The van der Waals surface area contributed by atoms with Crippen molar-refractivity contribution in [2.45, 2.75) is 102 Å². The first kappa shape index (κ1) is 22.3. The van der Waals surface area contributed by atoms with Crippen LogP contribution >= 0.6 is 0 Å². The minimum atomic E-state index is -1.08. The molecule has 8 heteroatoms. The molecular formula is C20H34N2O6. The number of nitrogens with one attached hydrogen (secondary N) is 2. The van der Waals surface area contributed by atoms with Gasteiger partial charge in [0.25, 0.3) is 0 Å². The molecule has 3 N–H and O–H groups in total. The second-order valence-electron chi connectivity index (χ2n) is 7.79. The van der Waals surface area contributed by atoms with Crippen molar-refractivity contribution >= 4 is 18.2 Å². The van der Waals surface area contributed by atoms with Crippen LogP contribution in [0.1, 0.15) is 83.5 Å². The van der Waals surface area contributed by atoms with Crippen LogP contribution in [0.3, 0.4) is 0 Å². The average Bonchev–Trinajstić information content (AvgIpc) is 2.68. The van der Waals surface area contributed by atoms with E-state index in [0.717, 1.165) is 57.8 Å². The van der Waals surface area contributed by atoms with Crippen molar-refractivity contribution in [2.75, 3.05) is 6.54 Å². The van der Waals surface area contributed by atoms with Gasteiger partial charge in [-0.05, 0) is 70.6 Å². The maximum absolute atomic E-state index is 11.9. The minimum absolute atomic E-state index is 0.0181. The highest BCUT2D eigenvalue weighted by Gasteiger charge is 2.23. The number of alkyl carbamates (subject to hydrolysis) is 2. The highest BCUT2D eigenvalue weighted by Crippen LogP contribution is 2.21. The Morgan fingerprint density at radius 2 is 1.36 bits per heavy atom. The minimum Gasteiger partial charge on any atom is -0.480 e. The molecule has 0 saturated heterocycles. The van der Waals surface area contributed by atoms with Crippen molar-refractivity contribution in [3.8, 4) is 0 Å². The summed E-state index contributed by atoms with van der Waals surface area (Å²) in [6.07, 6.45) is 10.5. The summed E-state index contributed by atoms with van der Waals surface area (Å²) in [5.74, 6) is -1.08. The van der Waals surface area contributed by atoms with E-state index < -0.39 is 24.2 Å². The number of rotatable bonds is 9. The molecule has 2 aliphatic rings. The first-order valence-corrected chi connectivity index (χ1v) is 10.7. The Hall–Kier alpha value is -1.99. The fourth-order valence-electron chi connectivity index (χ4n) is 3.81. The molecule has 0 aromatic heterocycles. The third-order valence-electron chi connectivity index (χ3n) is 5.43. The number of carbonyl (C=O) groups excluding carboxylic acids is 2. The molecule has 0 unspecified atom stereocenters. The molecular weight excluding hydrogens is 364 g/mol. The molecule has 2 amide bonds. The summed E-state index contributed by atoms with van der Waals surface area (Å²) >= 11 is 0. The van der Waals surface area contributed by atoms with Crippen molar-refractivity contribution in [2.24, 2.45) is 0 Å². The molecule has 1 atom stereocenters. The molecule has 0 bridgehead atoms. The van der Waals surface area contributed by atoms with Gasteiger partial charge >= 0.3 is 18.2 Å². The van der Waals surface area contributed by atoms with Gasteiger partial charge in [-0.1, -0.05) is 12.8 Å². The second kappa shape index (κ2) is 12.5. The molecule has 0 aliphatic heterocycles. The summed E-state index contributed by atoms with van der Waals surface area (Å²) in [4.78, 5) is 35.0. The molecule has 28 heavy (non-hydrogen) atoms. The van der Waals surface area contributed by atoms with Gasteiger partial charge in [0.15, 0.2) is 0 Å². The topological polar surface area (TPSA) is 114 Å². The zero-order valence-electron chi connectivity index (χ0n) is 16.6. The highest BCUT2D eigenvalue weighted by atomic mass is 16.6. The first-order valence-electron chi connectivity index (χ1n) is 10.7. The Balaban J connectivity index is 1.57. The number of carboxylic acids is 1. The Bertz CT molecular complexity index is 501. The molecule has 0 aromatic carbocycles. The zero-order chi connectivity index (χ0) is 20.2. The summed E-state index contributed by atoms with van der Waals surface area (Å²) in [6, 6.07) is -0.981. The number of hydrogen-bond acceptors (Lipinski definition) is 5. The average molecular weight is 399 g/mol. The van der Waals surface area contributed by atoms with Crippen LogP contribution in [0.2, 0.25) is 0 Å². The Morgan fingerprint density at radius 3 is 1.89 bits per heavy atom. The molecule has 8 nitrogen and oxygen atoms in total. The number of carbonyl (C=O) groups is 3. The Kier molecular flexibility index (Phi) is 9.93. The van der Waals surface area contributed by atoms with Crippen LogP contribution in [0.5, 0.6) is 0 Å². The number of aliphatic carboxylic acids is 1. The van der Waals surface area contributed by atoms with E-state index >= 15 is 0 Å². The molecule has 0 radical (unpaired) electrons. The first-order chi connectivity index (χ1) is 13.5. The molecule has 2 fully saturated rings. The lowest BCUT2D eigenvalue weighted by atomic mass is 9.98. The van der Waals surface area contributed by atoms with E-state index in [1.54, 1.807) is 0 Å². The highest BCUT2D eigenvalue weighted by molar-refractivity contribution is 5.79. The van der Waals surface area contributed by atoms with Gasteiger partial charge in [-0.3, -0.25) is 0 Å². The molecule has 0 heterocycles. The van der Waals surface area contributed by atoms with Gasteiger partial charge in [-0.25, -0.2) is 14.4 Å². The van der Waals surface area contributed by atoms with Gasteiger partial charge in [0.05, 0.1) is 0 Å². The fourth-order valence-corrected chi connectivity index (χ4v) is 3.81. The van der Waals surface area contributed by atoms with Gasteiger partial charge in [0, 0.05) is 6.54 Å². The van der Waals surface area contributed by atoms with Crippen LogP contribution in [0, 0.1) is 0 Å². The van der Waals surface area contributed by atoms with E-state index in [2.05, 4.69) is 10.6 Å². The van der Waals surface area contributed by atoms with Gasteiger partial charge in [0.2, 0.25) is 0 Å². The molecule has 160 valence electrons. The summed E-state index contributed by atoms with van der Waals surface area (Å²) in [5.41, 5.74) is 0. The predicted octanol–water partition coefficient (Wildman–Crippen LogP) is 3.73. The van der Waals surface area contributed by atoms with Crippen molar-refractivity contribution in [1.82, 2.24) is 10.6 Å². The van der Waals surface area contributed by atoms with Crippen molar-refractivity contribution in [3.63, 3.8) is 0 Å². The van der Waals surface area contributed by atoms with Crippen LogP contribution in [-0.2, 0) is 14.3 Å². The maximum atomic E-state index is 11.9. The summed E-state index contributed by atoms with van der Waals surface area (Å²) in [7, 11) is 0. The number of amides is 2. The van der Waals surface area contributed by atoms with E-state index in [-0.39, 0.29) is 18.6 Å². The van der Waals surface area contributed by atoms with E-state index in [1.807, 2.05) is 0 Å².